The molecule has 0 radical (unpaired) electrons. The van der Waals surface area contributed by atoms with Crippen LogP contribution in [0.1, 0.15) is 20.3 Å². The average Bonchev–Trinajstić information content (AvgIpc) is 2.74. The highest BCUT2D eigenvalue weighted by Gasteiger charge is 2.34. The molecule has 1 aliphatic rings. The monoisotopic (exact) mass is 381 g/mol. The molecule has 0 fully saturated rings. The molecule has 1 N–H and O–H groups in total. The highest BCUT2D eigenvalue weighted by molar-refractivity contribution is 6.03. The van der Waals surface area contributed by atoms with Crippen molar-refractivity contribution < 1.29 is 14.3 Å². The van der Waals surface area contributed by atoms with E-state index in [-0.39, 0.29) is 18.4 Å². The summed E-state index contributed by atoms with van der Waals surface area (Å²) in [5.74, 6) is 0.298. The van der Waals surface area contributed by atoms with Crippen molar-refractivity contribution in [3.05, 3.63) is 54.6 Å². The zero-order valence-electron chi connectivity index (χ0n) is 16.4. The number of likely N-dealkylation sites (N-methyl/N-ethyl adjacent to an activating group) is 1. The standard InChI is InChI=1S/C22H27N3O3/c1-3-18(25-19-12-8-9-13-20(19)28-16-21(25)26)22(27)23-14-15-24(4-2)17-10-6-5-7-11-17/h5-13,18H,3-4,14-16H2,1-2H3,(H,23,27)/t18-/m1/s1. The third kappa shape index (κ3) is 4.27. The summed E-state index contributed by atoms with van der Waals surface area (Å²) in [6.45, 7) is 6.03. The number of fused-ring (bicyclic) bond motifs is 1. The molecule has 0 aliphatic carbocycles. The van der Waals surface area contributed by atoms with Crippen molar-refractivity contribution in [3.63, 3.8) is 0 Å². The summed E-state index contributed by atoms with van der Waals surface area (Å²) < 4.78 is 5.49. The van der Waals surface area contributed by atoms with Gasteiger partial charge in [0.1, 0.15) is 11.8 Å². The van der Waals surface area contributed by atoms with E-state index in [4.69, 9.17) is 4.74 Å². The summed E-state index contributed by atoms with van der Waals surface area (Å²) in [5.41, 5.74) is 1.78. The van der Waals surface area contributed by atoms with Crippen molar-refractivity contribution in [2.75, 3.05) is 36.0 Å². The number of carbonyl (C=O) groups is 2. The summed E-state index contributed by atoms with van der Waals surface area (Å²) in [5, 5.41) is 3.00. The van der Waals surface area contributed by atoms with Crippen molar-refractivity contribution in [1.82, 2.24) is 5.32 Å². The molecule has 2 amide bonds. The second kappa shape index (κ2) is 9.26. The Hall–Kier alpha value is -3.02. The first-order valence-corrected chi connectivity index (χ1v) is 9.77. The Morgan fingerprint density at radius 1 is 1.14 bits per heavy atom. The highest BCUT2D eigenvalue weighted by atomic mass is 16.5. The molecule has 28 heavy (non-hydrogen) atoms. The van der Waals surface area contributed by atoms with Gasteiger partial charge in [-0.25, -0.2) is 0 Å². The number of rotatable bonds is 8. The van der Waals surface area contributed by atoms with Crippen molar-refractivity contribution in [3.8, 4) is 5.75 Å². The van der Waals surface area contributed by atoms with Crippen LogP contribution in [-0.4, -0.2) is 44.1 Å². The van der Waals surface area contributed by atoms with Gasteiger partial charge in [0.2, 0.25) is 5.91 Å². The highest BCUT2D eigenvalue weighted by Crippen LogP contribution is 2.33. The van der Waals surface area contributed by atoms with Crippen LogP contribution in [0.25, 0.3) is 0 Å². The fraction of sp³-hybridized carbons (Fsp3) is 0.364. The van der Waals surface area contributed by atoms with E-state index in [0.717, 1.165) is 12.2 Å². The quantitative estimate of drug-likeness (QED) is 0.764. The second-order valence-corrected chi connectivity index (χ2v) is 6.65. The van der Waals surface area contributed by atoms with E-state index >= 15 is 0 Å². The summed E-state index contributed by atoms with van der Waals surface area (Å²) >= 11 is 0. The molecule has 2 aromatic rings. The Morgan fingerprint density at radius 3 is 2.57 bits per heavy atom. The predicted octanol–water partition coefficient (Wildman–Crippen LogP) is 2.83. The maximum absolute atomic E-state index is 12.9. The Balaban J connectivity index is 1.65. The van der Waals surface area contributed by atoms with Gasteiger partial charge in [0.25, 0.3) is 5.91 Å². The maximum Gasteiger partial charge on any atom is 0.265 e. The average molecular weight is 381 g/mol. The molecular formula is C22H27N3O3. The minimum Gasteiger partial charge on any atom is -0.482 e. The van der Waals surface area contributed by atoms with Gasteiger partial charge in [-0.2, -0.15) is 0 Å². The Labute approximate surface area is 166 Å². The minimum absolute atomic E-state index is 0.0432. The maximum atomic E-state index is 12.9. The van der Waals surface area contributed by atoms with Crippen molar-refractivity contribution in [2.45, 2.75) is 26.3 Å². The van der Waals surface area contributed by atoms with Crippen molar-refractivity contribution in [1.29, 1.82) is 0 Å². The summed E-state index contributed by atoms with van der Waals surface area (Å²) in [7, 11) is 0. The third-order valence-electron chi connectivity index (χ3n) is 4.93. The third-order valence-corrected chi connectivity index (χ3v) is 4.93. The molecule has 1 aliphatic heterocycles. The van der Waals surface area contributed by atoms with E-state index in [1.807, 2.05) is 49.4 Å². The normalized spacial score (nSPS) is 14.1. The molecule has 148 valence electrons. The van der Waals surface area contributed by atoms with Gasteiger partial charge in [-0.1, -0.05) is 37.3 Å². The number of ether oxygens (including phenoxy) is 1. The lowest BCUT2D eigenvalue weighted by Gasteiger charge is -2.34. The number of nitrogens with one attached hydrogen (secondary N) is 1. The molecule has 3 rings (SSSR count). The van der Waals surface area contributed by atoms with Crippen molar-refractivity contribution >= 4 is 23.2 Å². The van der Waals surface area contributed by atoms with Gasteiger partial charge in [0.05, 0.1) is 5.69 Å². The number of amides is 2. The van der Waals surface area contributed by atoms with Crippen LogP contribution in [0.4, 0.5) is 11.4 Å². The predicted molar refractivity (Wildman–Crippen MR) is 111 cm³/mol. The number of hydrogen-bond donors (Lipinski definition) is 1. The van der Waals surface area contributed by atoms with Gasteiger partial charge in [0, 0.05) is 25.3 Å². The largest absolute Gasteiger partial charge is 0.482 e. The van der Waals surface area contributed by atoms with E-state index in [9.17, 15) is 9.59 Å². The minimum atomic E-state index is -0.552. The Morgan fingerprint density at radius 2 is 1.86 bits per heavy atom. The number of hydrogen-bond acceptors (Lipinski definition) is 4. The first-order valence-electron chi connectivity index (χ1n) is 9.77. The van der Waals surface area contributed by atoms with Crippen LogP contribution in [0, 0.1) is 0 Å². The van der Waals surface area contributed by atoms with Crippen LogP contribution >= 0.6 is 0 Å². The van der Waals surface area contributed by atoms with Crippen molar-refractivity contribution in [2.24, 2.45) is 0 Å². The first kappa shape index (κ1) is 19.7. The fourth-order valence-corrected chi connectivity index (χ4v) is 3.49. The zero-order chi connectivity index (χ0) is 19.9. The Bertz CT molecular complexity index is 810. The molecule has 0 unspecified atom stereocenters. The lowest BCUT2D eigenvalue weighted by atomic mass is 10.1. The van der Waals surface area contributed by atoms with Gasteiger partial charge in [0.15, 0.2) is 6.61 Å². The topological polar surface area (TPSA) is 61.9 Å². The van der Waals surface area contributed by atoms with Crippen LogP contribution in [0.3, 0.4) is 0 Å². The molecule has 0 aromatic heterocycles. The van der Waals surface area contributed by atoms with E-state index in [0.29, 0.717) is 30.9 Å². The Kier molecular flexibility index (Phi) is 6.53. The van der Waals surface area contributed by atoms with Crippen LogP contribution in [-0.2, 0) is 9.59 Å². The molecule has 0 bridgehead atoms. The fourth-order valence-electron chi connectivity index (χ4n) is 3.49. The SMILES string of the molecule is CC[C@H](C(=O)NCCN(CC)c1ccccc1)N1C(=O)COc2ccccc21. The van der Waals surface area contributed by atoms with Gasteiger partial charge in [-0.15, -0.1) is 0 Å². The summed E-state index contributed by atoms with van der Waals surface area (Å²) in [4.78, 5) is 29.1. The van der Waals surface area contributed by atoms with E-state index in [2.05, 4.69) is 29.3 Å². The number of benzene rings is 2. The van der Waals surface area contributed by atoms with Crippen LogP contribution in [0.2, 0.25) is 0 Å². The number of nitrogens with zero attached hydrogens (tertiary/aromatic N) is 2. The van der Waals surface area contributed by atoms with Crippen LogP contribution < -0.4 is 19.9 Å². The van der Waals surface area contributed by atoms with Gasteiger partial charge >= 0.3 is 0 Å². The molecule has 6 heteroatoms. The molecule has 1 atom stereocenters. The number of anilines is 2. The smallest absolute Gasteiger partial charge is 0.265 e. The van der Waals surface area contributed by atoms with E-state index < -0.39 is 6.04 Å². The molecule has 0 saturated heterocycles. The number of carbonyl (C=O) groups excluding carboxylic acids is 2. The first-order chi connectivity index (χ1) is 13.7. The molecule has 6 nitrogen and oxygen atoms in total. The molecule has 1 heterocycles. The van der Waals surface area contributed by atoms with E-state index in [1.54, 1.807) is 4.90 Å². The van der Waals surface area contributed by atoms with E-state index in [1.165, 1.54) is 0 Å². The van der Waals surface area contributed by atoms with Gasteiger partial charge in [-0.05, 0) is 37.6 Å². The molecular weight excluding hydrogens is 354 g/mol. The van der Waals surface area contributed by atoms with Gasteiger partial charge in [-0.3, -0.25) is 14.5 Å². The van der Waals surface area contributed by atoms with Gasteiger partial charge < -0.3 is 15.0 Å². The lowest BCUT2D eigenvalue weighted by Crippen LogP contribution is -2.53. The molecule has 0 spiro atoms. The number of para-hydroxylation sites is 3. The van der Waals surface area contributed by atoms with Crippen LogP contribution in [0.15, 0.2) is 54.6 Å². The zero-order valence-corrected chi connectivity index (χ0v) is 16.4. The summed E-state index contributed by atoms with van der Waals surface area (Å²) in [6, 6.07) is 16.9. The summed E-state index contributed by atoms with van der Waals surface area (Å²) in [6.07, 6.45) is 0.530. The second-order valence-electron chi connectivity index (χ2n) is 6.65. The lowest BCUT2D eigenvalue weighted by molar-refractivity contribution is -0.127. The molecule has 0 saturated carbocycles. The molecule has 2 aromatic carbocycles. The van der Waals surface area contributed by atoms with Crippen LogP contribution in [0.5, 0.6) is 5.75 Å².